The van der Waals surface area contributed by atoms with E-state index in [9.17, 15) is 18.0 Å². The van der Waals surface area contributed by atoms with Crippen molar-refractivity contribution in [2.45, 2.75) is 90.8 Å². The number of esters is 1. The first-order chi connectivity index (χ1) is 22.6. The Morgan fingerprint density at radius 1 is 0.681 bits per heavy atom. The number of hydrogen-bond acceptors (Lipinski definition) is 3. The van der Waals surface area contributed by atoms with Gasteiger partial charge < -0.3 is 9.47 Å². The quantitative estimate of drug-likeness (QED) is 0.0689. The summed E-state index contributed by atoms with van der Waals surface area (Å²) in [4.78, 5) is 12.1. The fourth-order valence-corrected chi connectivity index (χ4v) is 5.50. The zero-order valence-electron chi connectivity index (χ0n) is 27.5. The van der Waals surface area contributed by atoms with Crippen LogP contribution in [0.5, 0.6) is 5.75 Å². The summed E-state index contributed by atoms with van der Waals surface area (Å²) in [5, 5.41) is 0. The molecule has 47 heavy (non-hydrogen) atoms. The van der Waals surface area contributed by atoms with Gasteiger partial charge in [0.2, 0.25) is 0 Å². The molecule has 0 aliphatic rings. The summed E-state index contributed by atoms with van der Waals surface area (Å²) in [6.07, 6.45) is 4.48. The molecule has 3 nitrogen and oxygen atoms in total. The van der Waals surface area contributed by atoms with E-state index in [2.05, 4.69) is 6.92 Å². The van der Waals surface area contributed by atoms with Gasteiger partial charge in [-0.2, -0.15) is 13.2 Å². The number of aryl methyl sites for hydroxylation is 1. The Labute approximate surface area is 275 Å². The molecule has 0 aliphatic heterocycles. The SMILES string of the molecule is CCCCCCCCc1ccc(-c2ccc(-c3ccc(-c4ccc(OC(C)C(=O)OCCCC)cc4)c(C(F)(F)F)c3)cc2F)cc1. The third-order valence-corrected chi connectivity index (χ3v) is 8.26. The van der Waals surface area contributed by atoms with E-state index in [1.807, 2.05) is 31.2 Å². The van der Waals surface area contributed by atoms with Gasteiger partial charge >= 0.3 is 12.1 Å². The monoisotopic (exact) mass is 648 g/mol. The summed E-state index contributed by atoms with van der Waals surface area (Å²) >= 11 is 0. The van der Waals surface area contributed by atoms with E-state index in [1.54, 1.807) is 25.1 Å². The highest BCUT2D eigenvalue weighted by atomic mass is 19.4. The van der Waals surface area contributed by atoms with Crippen LogP contribution in [0.25, 0.3) is 33.4 Å². The molecule has 0 spiro atoms. The fraction of sp³-hybridized carbons (Fsp3) is 0.375. The molecule has 0 bridgehead atoms. The highest BCUT2D eigenvalue weighted by Crippen LogP contribution is 2.40. The molecule has 4 aromatic carbocycles. The van der Waals surface area contributed by atoms with Gasteiger partial charge in [-0.25, -0.2) is 9.18 Å². The molecule has 0 amide bonds. The average molecular weight is 649 g/mol. The molecule has 7 heteroatoms. The van der Waals surface area contributed by atoms with Crippen molar-refractivity contribution >= 4 is 5.97 Å². The number of carbonyl (C=O) groups is 1. The van der Waals surface area contributed by atoms with Crippen molar-refractivity contribution in [1.82, 2.24) is 0 Å². The predicted molar refractivity (Wildman–Crippen MR) is 181 cm³/mol. The molecule has 4 aromatic rings. The number of hydrogen-bond donors (Lipinski definition) is 0. The number of unbranched alkanes of at least 4 members (excludes halogenated alkanes) is 6. The standard InChI is InChI=1S/C40H44F4O3/c1-4-6-8-9-10-11-12-29-13-15-31(16-14-29)36-24-20-33(27-38(36)41)32-19-23-35(37(26-32)40(42,43)44)30-17-21-34(22-18-30)47-28(3)39(45)46-25-7-5-2/h13-24,26-28H,4-12,25H2,1-3H3. The average Bonchev–Trinajstić information content (AvgIpc) is 3.06. The smallest absolute Gasteiger partial charge is 0.417 e. The second-order valence-electron chi connectivity index (χ2n) is 12.0. The molecule has 0 saturated heterocycles. The summed E-state index contributed by atoms with van der Waals surface area (Å²) in [6, 6.07) is 22.5. The van der Waals surface area contributed by atoms with Crippen LogP contribution < -0.4 is 4.74 Å². The molecule has 0 aliphatic carbocycles. The maximum Gasteiger partial charge on any atom is 0.417 e. The van der Waals surface area contributed by atoms with Crippen LogP contribution in [-0.4, -0.2) is 18.7 Å². The van der Waals surface area contributed by atoms with Crippen LogP contribution in [0.15, 0.2) is 84.9 Å². The van der Waals surface area contributed by atoms with Gasteiger partial charge in [0.05, 0.1) is 12.2 Å². The summed E-state index contributed by atoms with van der Waals surface area (Å²) in [7, 11) is 0. The molecule has 0 N–H and O–H groups in total. The second-order valence-corrected chi connectivity index (χ2v) is 12.0. The normalized spacial score (nSPS) is 12.1. The van der Waals surface area contributed by atoms with E-state index in [0.717, 1.165) is 37.3 Å². The first-order valence-corrected chi connectivity index (χ1v) is 16.6. The number of rotatable bonds is 16. The van der Waals surface area contributed by atoms with Gasteiger partial charge in [0.25, 0.3) is 0 Å². The number of benzene rings is 4. The summed E-state index contributed by atoms with van der Waals surface area (Å²) in [6.45, 7) is 6.06. The van der Waals surface area contributed by atoms with Crippen LogP contribution in [-0.2, 0) is 22.1 Å². The van der Waals surface area contributed by atoms with Gasteiger partial charge in [0.15, 0.2) is 6.10 Å². The van der Waals surface area contributed by atoms with Crippen molar-refractivity contribution in [3.8, 4) is 39.1 Å². The van der Waals surface area contributed by atoms with Gasteiger partial charge in [-0.15, -0.1) is 0 Å². The Bertz CT molecular complexity index is 1580. The Hall–Kier alpha value is -4.13. The largest absolute Gasteiger partial charge is 0.479 e. The minimum Gasteiger partial charge on any atom is -0.479 e. The van der Waals surface area contributed by atoms with Crippen molar-refractivity contribution in [3.63, 3.8) is 0 Å². The molecule has 0 saturated carbocycles. The van der Waals surface area contributed by atoms with E-state index in [1.165, 1.54) is 74.1 Å². The molecule has 4 rings (SSSR count). The maximum absolute atomic E-state index is 15.3. The Morgan fingerprint density at radius 2 is 1.23 bits per heavy atom. The van der Waals surface area contributed by atoms with E-state index in [4.69, 9.17) is 9.47 Å². The fourth-order valence-electron chi connectivity index (χ4n) is 5.50. The zero-order valence-corrected chi connectivity index (χ0v) is 27.5. The molecule has 0 aromatic heterocycles. The van der Waals surface area contributed by atoms with Gasteiger partial charge in [-0.05, 0) is 83.8 Å². The highest BCUT2D eigenvalue weighted by molar-refractivity contribution is 5.77. The Balaban J connectivity index is 1.47. The van der Waals surface area contributed by atoms with Gasteiger partial charge in [-0.3, -0.25) is 0 Å². The predicted octanol–water partition coefficient (Wildman–Crippen LogP) is 11.9. The summed E-state index contributed by atoms with van der Waals surface area (Å²) < 4.78 is 69.0. The molecule has 0 heterocycles. The highest BCUT2D eigenvalue weighted by Gasteiger charge is 2.34. The third kappa shape index (κ3) is 10.2. The van der Waals surface area contributed by atoms with Crippen molar-refractivity contribution < 1.29 is 31.8 Å². The van der Waals surface area contributed by atoms with Crippen molar-refractivity contribution in [1.29, 1.82) is 0 Å². The Morgan fingerprint density at radius 3 is 1.87 bits per heavy atom. The van der Waals surface area contributed by atoms with Gasteiger partial charge in [0, 0.05) is 5.56 Å². The zero-order chi connectivity index (χ0) is 33.8. The lowest BCUT2D eigenvalue weighted by atomic mass is 9.93. The third-order valence-electron chi connectivity index (χ3n) is 8.26. The van der Waals surface area contributed by atoms with Crippen LogP contribution in [0, 0.1) is 5.82 Å². The van der Waals surface area contributed by atoms with E-state index < -0.39 is 29.6 Å². The second kappa shape index (κ2) is 17.1. The van der Waals surface area contributed by atoms with Crippen molar-refractivity contribution in [2.75, 3.05) is 6.61 Å². The van der Waals surface area contributed by atoms with Crippen LogP contribution in [0.2, 0.25) is 0 Å². The van der Waals surface area contributed by atoms with E-state index in [-0.39, 0.29) is 11.1 Å². The van der Waals surface area contributed by atoms with Crippen LogP contribution >= 0.6 is 0 Å². The molecule has 1 atom stereocenters. The molecular formula is C40H44F4O3. The van der Waals surface area contributed by atoms with Crippen molar-refractivity contribution in [2.24, 2.45) is 0 Å². The number of alkyl halides is 3. The number of ether oxygens (including phenoxy) is 2. The lowest BCUT2D eigenvalue weighted by molar-refractivity contribution is -0.151. The lowest BCUT2D eigenvalue weighted by Gasteiger charge is -2.17. The van der Waals surface area contributed by atoms with E-state index >= 15 is 4.39 Å². The minimum atomic E-state index is -4.65. The first-order valence-electron chi connectivity index (χ1n) is 16.6. The summed E-state index contributed by atoms with van der Waals surface area (Å²) in [5.41, 5.74) is 2.43. The molecule has 0 radical (unpaired) electrons. The lowest BCUT2D eigenvalue weighted by Crippen LogP contribution is -2.26. The first kappa shape index (κ1) is 35.7. The van der Waals surface area contributed by atoms with Crippen molar-refractivity contribution in [3.05, 3.63) is 102 Å². The maximum atomic E-state index is 15.3. The van der Waals surface area contributed by atoms with Gasteiger partial charge in [-0.1, -0.05) is 113 Å². The van der Waals surface area contributed by atoms with Crippen LogP contribution in [0.4, 0.5) is 17.6 Å². The number of halogens is 4. The van der Waals surface area contributed by atoms with Crippen LogP contribution in [0.3, 0.4) is 0 Å². The van der Waals surface area contributed by atoms with Gasteiger partial charge in [0.1, 0.15) is 11.6 Å². The number of carbonyl (C=O) groups excluding carboxylic acids is 1. The molecule has 0 fully saturated rings. The molecule has 250 valence electrons. The Kier molecular flexibility index (Phi) is 13.0. The summed E-state index contributed by atoms with van der Waals surface area (Å²) in [5.74, 6) is -0.664. The molecular weight excluding hydrogens is 604 g/mol. The topological polar surface area (TPSA) is 35.5 Å². The van der Waals surface area contributed by atoms with E-state index in [0.29, 0.717) is 29.0 Å². The minimum absolute atomic E-state index is 0.0158. The van der Waals surface area contributed by atoms with Crippen LogP contribution in [0.1, 0.15) is 83.3 Å². The molecule has 1 unspecified atom stereocenters.